The molecule has 0 unspecified atom stereocenters. The third kappa shape index (κ3) is 1.69. The van der Waals surface area contributed by atoms with Crippen LogP contribution < -0.4 is 10.7 Å². The van der Waals surface area contributed by atoms with Crippen molar-refractivity contribution in [3.8, 4) is 0 Å². The summed E-state index contributed by atoms with van der Waals surface area (Å²) >= 11 is 0. The number of benzene rings is 1. The van der Waals surface area contributed by atoms with Crippen molar-refractivity contribution in [2.45, 2.75) is 13.0 Å². The minimum Gasteiger partial charge on any atom is -0.353 e. The molecule has 2 N–H and O–H groups in total. The first-order valence-electron chi connectivity index (χ1n) is 6.61. The maximum absolute atomic E-state index is 4.49. The van der Waals surface area contributed by atoms with Gasteiger partial charge >= 0.3 is 0 Å². The monoisotopic (exact) mass is 253 g/mol. The van der Waals surface area contributed by atoms with E-state index in [9.17, 15) is 0 Å². The Labute approximate surface area is 111 Å². The molecule has 1 aromatic carbocycles. The first kappa shape index (κ1) is 10.6. The molecule has 0 bridgehead atoms. The van der Waals surface area contributed by atoms with E-state index < -0.39 is 0 Å². The molecule has 0 amide bonds. The molecule has 5 heteroatoms. The fraction of sp³-hybridized carbons (Fsp3) is 0.286. The number of hydrazone groups is 1. The Morgan fingerprint density at radius 3 is 3.16 bits per heavy atom. The summed E-state index contributed by atoms with van der Waals surface area (Å²) in [6, 6.07) is 10.7. The van der Waals surface area contributed by atoms with Crippen molar-refractivity contribution in [3.63, 3.8) is 0 Å². The second kappa shape index (κ2) is 4.12. The Balaban J connectivity index is 1.69. The minimum atomic E-state index is 0.780. The summed E-state index contributed by atoms with van der Waals surface area (Å²) in [6.45, 7) is 2.73. The topological polar surface area (TPSA) is 53.7 Å². The first-order valence-corrected chi connectivity index (χ1v) is 6.61. The smallest absolute Gasteiger partial charge is 0.212 e. The molecule has 0 saturated carbocycles. The molecule has 2 aliphatic rings. The van der Waals surface area contributed by atoms with E-state index >= 15 is 0 Å². The average Bonchev–Trinajstić information content (AvgIpc) is 3.13. The number of nitrogens with zero attached hydrogens (tertiary/aromatic N) is 3. The minimum absolute atomic E-state index is 0.780. The van der Waals surface area contributed by atoms with Crippen LogP contribution in [0.1, 0.15) is 12.1 Å². The first-order chi connectivity index (χ1) is 9.42. The van der Waals surface area contributed by atoms with Crippen LogP contribution in [-0.4, -0.2) is 29.3 Å². The molecule has 19 heavy (non-hydrogen) atoms. The van der Waals surface area contributed by atoms with Gasteiger partial charge in [0, 0.05) is 30.4 Å². The molecule has 0 spiro atoms. The molecule has 0 fully saturated rings. The number of para-hydroxylation sites is 1. The predicted octanol–water partition coefficient (Wildman–Crippen LogP) is 1.30. The van der Waals surface area contributed by atoms with Gasteiger partial charge in [0.25, 0.3) is 0 Å². The molecule has 5 nitrogen and oxygen atoms in total. The number of fused-ring (bicyclic) bond motifs is 3. The number of hydrogen-bond acceptors (Lipinski definition) is 4. The van der Waals surface area contributed by atoms with Gasteiger partial charge in [-0.1, -0.05) is 18.2 Å². The van der Waals surface area contributed by atoms with Gasteiger partial charge in [-0.05, 0) is 12.1 Å². The zero-order valence-corrected chi connectivity index (χ0v) is 10.6. The van der Waals surface area contributed by atoms with E-state index in [2.05, 4.69) is 55.7 Å². The van der Waals surface area contributed by atoms with E-state index in [1.165, 1.54) is 16.6 Å². The SMILES string of the molecule is c1ccc2c(c1)cc1n2CC/C1=N\NC1=NCCN1. The van der Waals surface area contributed by atoms with Crippen LogP contribution in [0.25, 0.3) is 10.9 Å². The van der Waals surface area contributed by atoms with Gasteiger partial charge in [0.05, 0.1) is 18.0 Å². The zero-order valence-electron chi connectivity index (χ0n) is 10.6. The molecule has 3 heterocycles. The molecule has 0 atom stereocenters. The maximum atomic E-state index is 4.49. The van der Waals surface area contributed by atoms with Crippen molar-refractivity contribution in [2.24, 2.45) is 10.1 Å². The molecule has 2 aliphatic heterocycles. The third-order valence-electron chi connectivity index (χ3n) is 3.65. The quantitative estimate of drug-likeness (QED) is 0.753. The van der Waals surface area contributed by atoms with E-state index in [1.54, 1.807) is 0 Å². The van der Waals surface area contributed by atoms with Crippen LogP contribution in [0.5, 0.6) is 0 Å². The number of guanidine groups is 1. The Hall–Kier alpha value is -2.30. The standard InChI is InChI=1S/C14H15N5/c1-2-4-12-10(3-1)9-13-11(5-8-19(12)13)17-18-14-15-6-7-16-14/h1-4,9H,5-8H2,(H2,15,16,18)/b17-11+. The summed E-state index contributed by atoms with van der Waals surface area (Å²) in [5.74, 6) is 0.780. The molecule has 0 radical (unpaired) electrons. The van der Waals surface area contributed by atoms with Crippen molar-refractivity contribution in [3.05, 3.63) is 36.0 Å². The van der Waals surface area contributed by atoms with Crippen LogP contribution in [0.15, 0.2) is 40.4 Å². The van der Waals surface area contributed by atoms with E-state index in [1.807, 2.05) is 0 Å². The molecule has 2 aromatic rings. The Morgan fingerprint density at radius 2 is 2.26 bits per heavy atom. The zero-order chi connectivity index (χ0) is 12.7. The van der Waals surface area contributed by atoms with Gasteiger partial charge in [0.1, 0.15) is 0 Å². The molecule has 0 aliphatic carbocycles. The molecular weight excluding hydrogens is 238 g/mol. The lowest BCUT2D eigenvalue weighted by atomic mass is 10.2. The van der Waals surface area contributed by atoms with Gasteiger partial charge in [-0.15, -0.1) is 0 Å². The van der Waals surface area contributed by atoms with E-state index in [0.29, 0.717) is 0 Å². The normalized spacial score (nSPS) is 19.6. The fourth-order valence-electron chi connectivity index (χ4n) is 2.74. The lowest BCUT2D eigenvalue weighted by Gasteiger charge is -2.01. The van der Waals surface area contributed by atoms with Crippen LogP contribution in [0.4, 0.5) is 0 Å². The van der Waals surface area contributed by atoms with Crippen molar-refractivity contribution in [2.75, 3.05) is 13.1 Å². The predicted molar refractivity (Wildman–Crippen MR) is 76.5 cm³/mol. The van der Waals surface area contributed by atoms with Crippen molar-refractivity contribution >= 4 is 22.6 Å². The van der Waals surface area contributed by atoms with Gasteiger partial charge in [0.15, 0.2) is 0 Å². The van der Waals surface area contributed by atoms with Crippen molar-refractivity contribution < 1.29 is 0 Å². The van der Waals surface area contributed by atoms with Crippen LogP contribution in [0, 0.1) is 0 Å². The lowest BCUT2D eigenvalue weighted by molar-refractivity contribution is 0.797. The summed E-state index contributed by atoms with van der Waals surface area (Å²) in [5, 5.41) is 8.93. The van der Waals surface area contributed by atoms with Crippen LogP contribution >= 0.6 is 0 Å². The second-order valence-corrected chi connectivity index (χ2v) is 4.82. The molecule has 4 rings (SSSR count). The van der Waals surface area contributed by atoms with E-state index in [-0.39, 0.29) is 0 Å². The molecule has 96 valence electrons. The van der Waals surface area contributed by atoms with Gasteiger partial charge in [-0.25, -0.2) is 10.4 Å². The summed E-state index contributed by atoms with van der Waals surface area (Å²) < 4.78 is 2.33. The third-order valence-corrected chi connectivity index (χ3v) is 3.65. The van der Waals surface area contributed by atoms with Gasteiger partial charge < -0.3 is 9.88 Å². The summed E-state index contributed by atoms with van der Waals surface area (Å²) in [5.41, 5.74) is 6.63. The molecule has 0 saturated heterocycles. The fourth-order valence-corrected chi connectivity index (χ4v) is 2.74. The Morgan fingerprint density at radius 1 is 1.32 bits per heavy atom. The van der Waals surface area contributed by atoms with Crippen molar-refractivity contribution in [1.29, 1.82) is 0 Å². The van der Waals surface area contributed by atoms with Gasteiger partial charge in [-0.2, -0.15) is 5.10 Å². The number of aromatic nitrogens is 1. The van der Waals surface area contributed by atoms with Crippen LogP contribution in [0.2, 0.25) is 0 Å². The number of nitrogens with one attached hydrogen (secondary N) is 2. The Bertz CT molecular complexity index is 695. The highest BCUT2D eigenvalue weighted by atomic mass is 15.4. The molecule has 1 aromatic heterocycles. The van der Waals surface area contributed by atoms with E-state index in [0.717, 1.165) is 37.7 Å². The summed E-state index contributed by atoms with van der Waals surface area (Å²) in [7, 11) is 0. The van der Waals surface area contributed by atoms with Crippen molar-refractivity contribution in [1.82, 2.24) is 15.3 Å². The number of hydrogen-bond donors (Lipinski definition) is 2. The number of aryl methyl sites for hydroxylation is 1. The number of rotatable bonds is 1. The number of aliphatic imine (C=N–C) groups is 1. The highest BCUT2D eigenvalue weighted by Crippen LogP contribution is 2.26. The van der Waals surface area contributed by atoms with Gasteiger partial charge in [0.2, 0.25) is 5.96 Å². The lowest BCUT2D eigenvalue weighted by Crippen LogP contribution is -2.30. The summed E-state index contributed by atoms with van der Waals surface area (Å²) in [6.07, 6.45) is 0.973. The molecular formula is C14H15N5. The second-order valence-electron chi connectivity index (χ2n) is 4.82. The Kier molecular flexibility index (Phi) is 2.30. The highest BCUT2D eigenvalue weighted by molar-refractivity contribution is 6.05. The van der Waals surface area contributed by atoms with Gasteiger partial charge in [-0.3, -0.25) is 0 Å². The maximum Gasteiger partial charge on any atom is 0.212 e. The average molecular weight is 253 g/mol. The summed E-state index contributed by atoms with van der Waals surface area (Å²) in [4.78, 5) is 4.28. The highest BCUT2D eigenvalue weighted by Gasteiger charge is 2.20. The van der Waals surface area contributed by atoms with Crippen LogP contribution in [0.3, 0.4) is 0 Å². The van der Waals surface area contributed by atoms with E-state index in [4.69, 9.17) is 0 Å². The van der Waals surface area contributed by atoms with Crippen LogP contribution in [-0.2, 0) is 6.54 Å². The largest absolute Gasteiger partial charge is 0.353 e.